The van der Waals surface area contributed by atoms with Crippen molar-refractivity contribution in [1.29, 1.82) is 0 Å². The highest BCUT2D eigenvalue weighted by Crippen LogP contribution is 2.36. The van der Waals surface area contributed by atoms with E-state index in [-0.39, 0.29) is 43.9 Å². The Morgan fingerprint density at radius 2 is 1.80 bits per heavy atom. The number of likely N-dealkylation sites (tertiary alicyclic amines) is 1. The quantitative estimate of drug-likeness (QED) is 0.328. The number of piperidine rings is 1. The van der Waals surface area contributed by atoms with Gasteiger partial charge in [0.1, 0.15) is 17.5 Å². The third-order valence-electron chi connectivity index (χ3n) is 6.87. The van der Waals surface area contributed by atoms with E-state index >= 15 is 4.39 Å². The fourth-order valence-corrected chi connectivity index (χ4v) is 4.55. The van der Waals surface area contributed by atoms with Gasteiger partial charge in [-0.1, -0.05) is 12.1 Å². The summed E-state index contributed by atoms with van der Waals surface area (Å²) in [5.74, 6) is -0.773. The van der Waals surface area contributed by atoms with E-state index in [1.807, 2.05) is 0 Å². The van der Waals surface area contributed by atoms with E-state index in [0.717, 1.165) is 25.0 Å². The fourth-order valence-electron chi connectivity index (χ4n) is 4.55. The van der Waals surface area contributed by atoms with Crippen molar-refractivity contribution in [1.82, 2.24) is 14.9 Å². The Bertz CT molecular complexity index is 1190. The predicted octanol–water partition coefficient (Wildman–Crippen LogP) is 5.16. The van der Waals surface area contributed by atoms with Crippen molar-refractivity contribution in [2.24, 2.45) is 0 Å². The number of ether oxygens (including phenoxy) is 2. The first-order chi connectivity index (χ1) is 18.8. The number of alkyl halides is 3. The Labute approximate surface area is 229 Å². The molecular weight excluding hydrogens is 534 g/mol. The molecule has 1 aliphatic carbocycles. The van der Waals surface area contributed by atoms with E-state index in [4.69, 9.17) is 9.47 Å². The monoisotopic (exact) mass is 567 g/mol. The van der Waals surface area contributed by atoms with Gasteiger partial charge < -0.3 is 24.6 Å². The lowest BCUT2D eigenvalue weighted by Crippen LogP contribution is -2.52. The van der Waals surface area contributed by atoms with Crippen LogP contribution in [0.15, 0.2) is 30.6 Å². The first-order valence-electron chi connectivity index (χ1n) is 13.1. The lowest BCUT2D eigenvalue weighted by molar-refractivity contribution is -0.146. The zero-order chi connectivity index (χ0) is 29.1. The largest absolute Gasteiger partial charge is 0.459 e. The summed E-state index contributed by atoms with van der Waals surface area (Å²) in [5.41, 5.74) is -1.80. The molecule has 218 valence electrons. The van der Waals surface area contributed by atoms with Gasteiger partial charge in [-0.15, -0.1) is 0 Å². The van der Waals surface area contributed by atoms with Crippen molar-refractivity contribution in [2.45, 2.75) is 76.4 Å². The standard InChI is InChI=1S/C27H33F4N5O4/c1-25(2,3)40-24(38)35-12-10-26(11-13-35,39-17-37)15-32-22-21(28)23(34-16-33-22)36(20-8-9-20)14-18-4-6-19(7-5-18)27(29,30)31/h4-7,16-17,20H,8-15H2,1-3H3,(H,32,33,34). The van der Waals surface area contributed by atoms with Gasteiger partial charge in [0.2, 0.25) is 5.82 Å². The van der Waals surface area contributed by atoms with Crippen molar-refractivity contribution in [3.05, 3.63) is 47.5 Å². The van der Waals surface area contributed by atoms with Crippen LogP contribution in [-0.4, -0.2) is 64.3 Å². The Morgan fingerprint density at radius 1 is 1.15 bits per heavy atom. The van der Waals surface area contributed by atoms with Crippen LogP contribution < -0.4 is 10.2 Å². The second-order valence-corrected chi connectivity index (χ2v) is 11.1. The highest BCUT2D eigenvalue weighted by molar-refractivity contribution is 5.68. The highest BCUT2D eigenvalue weighted by atomic mass is 19.4. The van der Waals surface area contributed by atoms with Gasteiger partial charge in [-0.2, -0.15) is 17.6 Å². The molecule has 1 aliphatic heterocycles. The Morgan fingerprint density at radius 3 is 2.35 bits per heavy atom. The summed E-state index contributed by atoms with van der Waals surface area (Å²) in [5, 5.41) is 2.94. The van der Waals surface area contributed by atoms with E-state index < -0.39 is 34.9 Å². The molecule has 0 unspecified atom stereocenters. The maximum absolute atomic E-state index is 15.7. The Kier molecular flexibility index (Phi) is 8.41. The summed E-state index contributed by atoms with van der Waals surface area (Å²) in [6.45, 7) is 6.45. The van der Waals surface area contributed by atoms with Crippen LogP contribution in [0.3, 0.4) is 0 Å². The molecule has 1 N–H and O–H groups in total. The number of nitrogens with one attached hydrogen (secondary N) is 1. The molecule has 1 saturated heterocycles. The van der Waals surface area contributed by atoms with E-state index in [1.54, 1.807) is 25.7 Å². The summed E-state index contributed by atoms with van der Waals surface area (Å²) in [6, 6.07) is 4.76. The second-order valence-electron chi connectivity index (χ2n) is 11.1. The zero-order valence-corrected chi connectivity index (χ0v) is 22.6. The smallest absolute Gasteiger partial charge is 0.416 e. The van der Waals surface area contributed by atoms with Crippen LogP contribution in [0.2, 0.25) is 0 Å². The van der Waals surface area contributed by atoms with Gasteiger partial charge >= 0.3 is 12.3 Å². The number of hydrogen-bond acceptors (Lipinski definition) is 8. The second kappa shape index (κ2) is 11.5. The number of benzene rings is 1. The molecule has 2 fully saturated rings. The van der Waals surface area contributed by atoms with Crippen molar-refractivity contribution < 1.29 is 36.6 Å². The van der Waals surface area contributed by atoms with E-state index in [2.05, 4.69) is 15.3 Å². The number of hydrogen-bond donors (Lipinski definition) is 1. The predicted molar refractivity (Wildman–Crippen MR) is 138 cm³/mol. The average Bonchev–Trinajstić information content (AvgIpc) is 3.72. The van der Waals surface area contributed by atoms with Gasteiger partial charge in [-0.25, -0.2) is 14.8 Å². The molecule has 13 heteroatoms. The van der Waals surface area contributed by atoms with Crippen LogP contribution >= 0.6 is 0 Å². The van der Waals surface area contributed by atoms with E-state index in [0.29, 0.717) is 24.9 Å². The minimum Gasteiger partial charge on any atom is -0.459 e. The molecule has 0 bridgehead atoms. The van der Waals surface area contributed by atoms with Gasteiger partial charge in [-0.05, 0) is 51.3 Å². The van der Waals surface area contributed by atoms with Crippen LogP contribution in [0.4, 0.5) is 34.0 Å². The number of amides is 1. The first-order valence-corrected chi connectivity index (χ1v) is 13.1. The number of halogens is 4. The molecule has 1 saturated carbocycles. The number of anilines is 2. The molecule has 0 atom stereocenters. The normalized spacial score (nSPS) is 17.2. The van der Waals surface area contributed by atoms with E-state index in [1.165, 1.54) is 23.4 Å². The molecule has 2 aliphatic rings. The van der Waals surface area contributed by atoms with Crippen molar-refractivity contribution in [2.75, 3.05) is 29.9 Å². The summed E-state index contributed by atoms with van der Waals surface area (Å²) in [7, 11) is 0. The van der Waals surface area contributed by atoms with Crippen LogP contribution in [0.5, 0.6) is 0 Å². The number of carbonyl (C=O) groups is 2. The van der Waals surface area contributed by atoms with Gasteiger partial charge in [0.15, 0.2) is 11.6 Å². The van der Waals surface area contributed by atoms with Crippen molar-refractivity contribution in [3.63, 3.8) is 0 Å². The molecule has 2 aromatic rings. The van der Waals surface area contributed by atoms with Crippen molar-refractivity contribution >= 4 is 24.2 Å². The molecule has 0 radical (unpaired) electrons. The topological polar surface area (TPSA) is 96.9 Å². The molecule has 9 nitrogen and oxygen atoms in total. The maximum Gasteiger partial charge on any atom is 0.416 e. The molecule has 1 aromatic heterocycles. The molecule has 2 heterocycles. The molecule has 1 aromatic carbocycles. The lowest BCUT2D eigenvalue weighted by Gasteiger charge is -2.40. The number of carbonyl (C=O) groups excluding carboxylic acids is 2. The molecule has 0 spiro atoms. The third-order valence-corrected chi connectivity index (χ3v) is 6.87. The lowest BCUT2D eigenvalue weighted by atomic mass is 9.91. The Balaban J connectivity index is 1.45. The highest BCUT2D eigenvalue weighted by Gasteiger charge is 2.40. The Hall–Kier alpha value is -3.64. The fraction of sp³-hybridized carbons (Fsp3) is 0.556. The van der Waals surface area contributed by atoms with Gasteiger partial charge in [0.25, 0.3) is 6.47 Å². The molecule has 40 heavy (non-hydrogen) atoms. The van der Waals surface area contributed by atoms with Crippen LogP contribution in [0, 0.1) is 5.82 Å². The molecule has 1 amide bonds. The number of rotatable bonds is 9. The minimum atomic E-state index is -4.44. The summed E-state index contributed by atoms with van der Waals surface area (Å²) >= 11 is 0. The zero-order valence-electron chi connectivity index (χ0n) is 22.6. The average molecular weight is 568 g/mol. The summed E-state index contributed by atoms with van der Waals surface area (Å²) in [6.07, 6.45) is -1.47. The first kappa shape index (κ1) is 29.3. The van der Waals surface area contributed by atoms with Crippen molar-refractivity contribution in [3.8, 4) is 0 Å². The summed E-state index contributed by atoms with van der Waals surface area (Å²) in [4.78, 5) is 35.2. The van der Waals surface area contributed by atoms with Crippen LogP contribution in [0.1, 0.15) is 57.6 Å². The summed E-state index contributed by atoms with van der Waals surface area (Å²) < 4.78 is 65.3. The minimum absolute atomic E-state index is 0.00135. The van der Waals surface area contributed by atoms with Gasteiger partial charge in [0, 0.05) is 38.5 Å². The van der Waals surface area contributed by atoms with Crippen LogP contribution in [0.25, 0.3) is 0 Å². The maximum atomic E-state index is 15.7. The third kappa shape index (κ3) is 7.30. The SMILES string of the molecule is CC(C)(C)OC(=O)N1CCC(CNc2ncnc(N(Cc3ccc(C(F)(F)F)cc3)C3CC3)c2F)(OC=O)CC1. The van der Waals surface area contributed by atoms with Gasteiger partial charge in [-0.3, -0.25) is 4.79 Å². The molecule has 4 rings (SSSR count). The van der Waals surface area contributed by atoms with Crippen LogP contribution in [-0.2, 0) is 27.0 Å². The number of nitrogens with zero attached hydrogens (tertiary/aromatic N) is 4. The van der Waals surface area contributed by atoms with Gasteiger partial charge in [0.05, 0.1) is 12.1 Å². The van der Waals surface area contributed by atoms with E-state index in [9.17, 15) is 22.8 Å². The number of aromatic nitrogens is 2. The molecular formula is C27H33F4N5O4.